The van der Waals surface area contributed by atoms with E-state index >= 15 is 0 Å². The standard InChI is InChI=1S/C23H32FN3O2/c1-16-4-5-17(13-21(16)24)14-25-22(28)19-3-2-10-27(15-19)20-8-11-26(12-9-20)23(29)18-6-7-18/h4-5,13,18-20H,2-3,6-12,14-15H2,1H3,(H,25,28)/t19-/m1/s1. The van der Waals surface area contributed by atoms with Gasteiger partial charge in [0.1, 0.15) is 5.82 Å². The average Bonchev–Trinajstić information content (AvgIpc) is 3.59. The molecule has 5 nitrogen and oxygen atoms in total. The Morgan fingerprint density at radius 3 is 2.52 bits per heavy atom. The Kier molecular flexibility index (Phi) is 6.18. The maximum Gasteiger partial charge on any atom is 0.225 e. The third kappa shape index (κ3) is 4.97. The van der Waals surface area contributed by atoms with Crippen LogP contribution in [0.5, 0.6) is 0 Å². The first kappa shape index (κ1) is 20.3. The smallest absolute Gasteiger partial charge is 0.225 e. The van der Waals surface area contributed by atoms with Gasteiger partial charge in [-0.25, -0.2) is 4.39 Å². The molecule has 0 unspecified atom stereocenters. The molecule has 2 saturated heterocycles. The van der Waals surface area contributed by atoms with Crippen LogP contribution in [-0.4, -0.2) is 53.8 Å². The summed E-state index contributed by atoms with van der Waals surface area (Å²) in [5.74, 6) is 0.484. The molecule has 158 valence electrons. The molecule has 0 spiro atoms. The zero-order valence-corrected chi connectivity index (χ0v) is 17.3. The van der Waals surface area contributed by atoms with Crippen molar-refractivity contribution in [2.75, 3.05) is 26.2 Å². The van der Waals surface area contributed by atoms with E-state index in [1.807, 2.05) is 11.0 Å². The molecular formula is C23H32FN3O2. The van der Waals surface area contributed by atoms with Gasteiger partial charge in [-0.3, -0.25) is 14.5 Å². The van der Waals surface area contributed by atoms with Gasteiger partial charge in [0, 0.05) is 38.1 Å². The Labute approximate surface area is 172 Å². The number of hydrogen-bond donors (Lipinski definition) is 1. The summed E-state index contributed by atoms with van der Waals surface area (Å²) in [7, 11) is 0. The van der Waals surface area contributed by atoms with E-state index in [1.54, 1.807) is 13.0 Å². The highest BCUT2D eigenvalue weighted by atomic mass is 19.1. The average molecular weight is 402 g/mol. The molecule has 29 heavy (non-hydrogen) atoms. The van der Waals surface area contributed by atoms with Crippen LogP contribution in [0.1, 0.15) is 49.7 Å². The van der Waals surface area contributed by atoms with E-state index in [2.05, 4.69) is 10.2 Å². The van der Waals surface area contributed by atoms with Gasteiger partial charge < -0.3 is 10.2 Å². The fourth-order valence-electron chi connectivity index (χ4n) is 4.67. The van der Waals surface area contributed by atoms with E-state index < -0.39 is 0 Å². The molecule has 0 aromatic heterocycles. The van der Waals surface area contributed by atoms with Crippen molar-refractivity contribution in [3.63, 3.8) is 0 Å². The number of benzene rings is 1. The van der Waals surface area contributed by atoms with E-state index in [4.69, 9.17) is 0 Å². The molecule has 1 aromatic rings. The monoisotopic (exact) mass is 401 g/mol. The van der Waals surface area contributed by atoms with Gasteiger partial charge in [0.25, 0.3) is 0 Å². The van der Waals surface area contributed by atoms with Gasteiger partial charge in [-0.05, 0) is 69.2 Å². The van der Waals surface area contributed by atoms with Crippen LogP contribution in [0, 0.1) is 24.6 Å². The van der Waals surface area contributed by atoms with Gasteiger partial charge in [0.05, 0.1) is 5.92 Å². The minimum absolute atomic E-state index is 0.00910. The number of amides is 2. The molecule has 1 atom stereocenters. The van der Waals surface area contributed by atoms with E-state index in [1.165, 1.54) is 6.07 Å². The molecule has 1 N–H and O–H groups in total. The highest BCUT2D eigenvalue weighted by Gasteiger charge is 2.37. The van der Waals surface area contributed by atoms with Crippen molar-refractivity contribution in [2.45, 2.75) is 58.0 Å². The lowest BCUT2D eigenvalue weighted by molar-refractivity contribution is -0.134. The fourth-order valence-corrected chi connectivity index (χ4v) is 4.67. The Morgan fingerprint density at radius 1 is 1.07 bits per heavy atom. The molecule has 0 radical (unpaired) electrons. The van der Waals surface area contributed by atoms with Gasteiger partial charge in [-0.1, -0.05) is 12.1 Å². The van der Waals surface area contributed by atoms with E-state index in [9.17, 15) is 14.0 Å². The van der Waals surface area contributed by atoms with Crippen LogP contribution in [0.3, 0.4) is 0 Å². The summed E-state index contributed by atoms with van der Waals surface area (Å²) in [5.41, 5.74) is 1.41. The highest BCUT2D eigenvalue weighted by Crippen LogP contribution is 2.32. The molecular weight excluding hydrogens is 369 g/mol. The van der Waals surface area contributed by atoms with Crippen molar-refractivity contribution in [3.8, 4) is 0 Å². The lowest BCUT2D eigenvalue weighted by atomic mass is 9.93. The molecule has 4 rings (SSSR count). The molecule has 3 aliphatic rings. The Hall–Kier alpha value is -1.95. The molecule has 2 aliphatic heterocycles. The van der Waals surface area contributed by atoms with Gasteiger partial charge in [0.15, 0.2) is 0 Å². The molecule has 2 heterocycles. The van der Waals surface area contributed by atoms with Crippen molar-refractivity contribution in [2.24, 2.45) is 11.8 Å². The first-order valence-electron chi connectivity index (χ1n) is 11.1. The molecule has 6 heteroatoms. The number of likely N-dealkylation sites (tertiary alicyclic amines) is 2. The number of carbonyl (C=O) groups is 2. The van der Waals surface area contributed by atoms with Crippen LogP contribution in [0.15, 0.2) is 18.2 Å². The number of piperidine rings is 2. The predicted molar refractivity (Wildman–Crippen MR) is 110 cm³/mol. The number of aryl methyl sites for hydroxylation is 1. The lowest BCUT2D eigenvalue weighted by Crippen LogP contribution is -2.51. The molecule has 1 saturated carbocycles. The third-order valence-electron chi connectivity index (χ3n) is 6.75. The summed E-state index contributed by atoms with van der Waals surface area (Å²) in [6.07, 6.45) is 6.08. The number of rotatable bonds is 5. The molecule has 1 aromatic carbocycles. The van der Waals surface area contributed by atoms with Crippen LogP contribution >= 0.6 is 0 Å². The molecule has 0 bridgehead atoms. The van der Waals surface area contributed by atoms with Crippen molar-refractivity contribution in [3.05, 3.63) is 35.1 Å². The van der Waals surface area contributed by atoms with Crippen molar-refractivity contribution >= 4 is 11.8 Å². The van der Waals surface area contributed by atoms with E-state index in [0.29, 0.717) is 30.0 Å². The largest absolute Gasteiger partial charge is 0.352 e. The number of nitrogens with one attached hydrogen (secondary N) is 1. The van der Waals surface area contributed by atoms with Crippen LogP contribution in [0.4, 0.5) is 4.39 Å². The zero-order chi connectivity index (χ0) is 20.4. The topological polar surface area (TPSA) is 52.7 Å². The van der Waals surface area contributed by atoms with Gasteiger partial charge >= 0.3 is 0 Å². The Morgan fingerprint density at radius 2 is 1.83 bits per heavy atom. The normalized spacial score (nSPS) is 23.8. The molecule has 3 fully saturated rings. The van der Waals surface area contributed by atoms with Gasteiger partial charge in [0.2, 0.25) is 11.8 Å². The summed E-state index contributed by atoms with van der Waals surface area (Å²) in [6, 6.07) is 5.58. The zero-order valence-electron chi connectivity index (χ0n) is 17.3. The second-order valence-corrected chi connectivity index (χ2v) is 8.97. The minimum atomic E-state index is -0.230. The predicted octanol–water partition coefficient (Wildman–Crippen LogP) is 2.86. The summed E-state index contributed by atoms with van der Waals surface area (Å²) >= 11 is 0. The maximum atomic E-state index is 13.7. The van der Waals surface area contributed by atoms with Crippen LogP contribution in [0.2, 0.25) is 0 Å². The Bertz CT molecular complexity index is 756. The highest BCUT2D eigenvalue weighted by molar-refractivity contribution is 5.81. The van der Waals surface area contributed by atoms with Crippen LogP contribution in [-0.2, 0) is 16.1 Å². The second kappa shape index (κ2) is 8.82. The van der Waals surface area contributed by atoms with Crippen molar-refractivity contribution in [1.29, 1.82) is 0 Å². The SMILES string of the molecule is Cc1ccc(CNC(=O)[C@@H]2CCCN(C3CCN(C(=O)C4CC4)CC3)C2)cc1F. The first-order valence-corrected chi connectivity index (χ1v) is 11.1. The fraction of sp³-hybridized carbons (Fsp3) is 0.652. The van der Waals surface area contributed by atoms with Crippen molar-refractivity contribution < 1.29 is 14.0 Å². The number of halogens is 1. The van der Waals surface area contributed by atoms with Crippen LogP contribution < -0.4 is 5.32 Å². The first-order chi connectivity index (χ1) is 14.0. The number of carbonyl (C=O) groups excluding carboxylic acids is 2. The summed E-state index contributed by atoms with van der Waals surface area (Å²) in [4.78, 5) is 29.4. The maximum absolute atomic E-state index is 13.7. The summed E-state index contributed by atoms with van der Waals surface area (Å²) < 4.78 is 13.7. The quantitative estimate of drug-likeness (QED) is 0.826. The van der Waals surface area contributed by atoms with Gasteiger partial charge in [-0.15, -0.1) is 0 Å². The van der Waals surface area contributed by atoms with E-state index in [-0.39, 0.29) is 17.6 Å². The molecule has 2 amide bonds. The summed E-state index contributed by atoms with van der Waals surface area (Å²) in [6.45, 7) is 5.64. The van der Waals surface area contributed by atoms with Crippen molar-refractivity contribution in [1.82, 2.24) is 15.1 Å². The Balaban J connectivity index is 1.25. The van der Waals surface area contributed by atoms with Gasteiger partial charge in [-0.2, -0.15) is 0 Å². The lowest BCUT2D eigenvalue weighted by Gasteiger charge is -2.42. The second-order valence-electron chi connectivity index (χ2n) is 8.97. The van der Waals surface area contributed by atoms with Crippen LogP contribution in [0.25, 0.3) is 0 Å². The minimum Gasteiger partial charge on any atom is -0.352 e. The number of nitrogens with zero attached hydrogens (tertiary/aromatic N) is 2. The summed E-state index contributed by atoms with van der Waals surface area (Å²) in [5, 5.41) is 3.00. The van der Waals surface area contributed by atoms with E-state index in [0.717, 1.165) is 70.3 Å². The molecule has 1 aliphatic carbocycles. The number of hydrogen-bond acceptors (Lipinski definition) is 3. The third-order valence-corrected chi connectivity index (χ3v) is 6.75.